The van der Waals surface area contributed by atoms with Crippen LogP contribution in [0.5, 0.6) is 11.5 Å². The molecule has 116 valence electrons. The largest absolute Gasteiger partial charge is 0.504 e. The zero-order chi connectivity index (χ0) is 17.0. The number of aromatic hydroxyl groups is 2. The molecule has 0 saturated heterocycles. The average Bonchev–Trinajstić information content (AvgIpc) is 2.50. The summed E-state index contributed by atoms with van der Waals surface area (Å²) in [4.78, 5) is 24.3. The molecule has 0 aromatic heterocycles. The van der Waals surface area contributed by atoms with Crippen LogP contribution < -0.4 is 5.32 Å². The Kier molecular flexibility index (Phi) is 4.84. The number of nitrogens with zero attached hydrogens (tertiary/aromatic N) is 1. The third-order valence-electron chi connectivity index (χ3n) is 3.01. The number of benzene rings is 2. The van der Waals surface area contributed by atoms with E-state index < -0.39 is 29.1 Å². The highest BCUT2D eigenvalue weighted by Crippen LogP contribution is 2.26. The number of amides is 1. The van der Waals surface area contributed by atoms with Gasteiger partial charge in [-0.25, -0.2) is 0 Å². The van der Waals surface area contributed by atoms with E-state index in [1.54, 1.807) is 24.3 Å². The summed E-state index contributed by atoms with van der Waals surface area (Å²) in [5.74, 6) is -4.12. The van der Waals surface area contributed by atoms with Crippen molar-refractivity contribution in [2.75, 3.05) is 5.32 Å². The third kappa shape index (κ3) is 3.78. The van der Waals surface area contributed by atoms with Gasteiger partial charge in [-0.05, 0) is 36.4 Å². The van der Waals surface area contributed by atoms with Crippen LogP contribution in [0, 0.1) is 17.2 Å². The maximum absolute atomic E-state index is 12.2. The van der Waals surface area contributed by atoms with E-state index in [4.69, 9.17) is 16.9 Å². The maximum Gasteiger partial charge on any atom is 0.249 e. The molecule has 0 aliphatic heterocycles. The van der Waals surface area contributed by atoms with Crippen molar-refractivity contribution in [3.8, 4) is 17.6 Å². The van der Waals surface area contributed by atoms with Gasteiger partial charge in [0.25, 0.3) is 0 Å². The fourth-order valence-corrected chi connectivity index (χ4v) is 2.05. The standard InChI is InChI=1S/C16H11ClN2O4/c17-10-2-1-3-11(7-10)19-16(23)12(8-18)15(22)9-4-5-13(20)14(21)6-9/h1-7,12,20-21H,(H,19,23). The molecule has 7 heteroatoms. The monoisotopic (exact) mass is 330 g/mol. The van der Waals surface area contributed by atoms with Crippen LogP contribution in [0.25, 0.3) is 0 Å². The Bertz CT molecular complexity index is 814. The molecule has 0 fully saturated rings. The molecule has 0 aliphatic carbocycles. The maximum atomic E-state index is 12.2. The number of nitrogens with one attached hydrogen (secondary N) is 1. The topological polar surface area (TPSA) is 110 Å². The van der Waals surface area contributed by atoms with E-state index in [9.17, 15) is 19.8 Å². The quantitative estimate of drug-likeness (QED) is 0.453. The molecule has 3 N–H and O–H groups in total. The Morgan fingerprint density at radius 3 is 2.48 bits per heavy atom. The molecule has 23 heavy (non-hydrogen) atoms. The highest BCUT2D eigenvalue weighted by molar-refractivity contribution is 6.31. The van der Waals surface area contributed by atoms with Crippen LogP contribution >= 0.6 is 11.6 Å². The highest BCUT2D eigenvalue weighted by atomic mass is 35.5. The summed E-state index contributed by atoms with van der Waals surface area (Å²) in [6.45, 7) is 0. The van der Waals surface area contributed by atoms with Crippen molar-refractivity contribution < 1.29 is 19.8 Å². The fourth-order valence-electron chi connectivity index (χ4n) is 1.86. The first-order valence-electron chi connectivity index (χ1n) is 6.44. The summed E-state index contributed by atoms with van der Waals surface area (Å²) >= 11 is 5.80. The van der Waals surface area contributed by atoms with Gasteiger partial charge in [-0.2, -0.15) is 5.26 Å². The number of hydrogen-bond acceptors (Lipinski definition) is 5. The van der Waals surface area contributed by atoms with Gasteiger partial charge in [0, 0.05) is 16.3 Å². The van der Waals surface area contributed by atoms with Gasteiger partial charge < -0.3 is 15.5 Å². The van der Waals surface area contributed by atoms with E-state index in [1.807, 2.05) is 0 Å². The molecule has 0 bridgehead atoms. The molecule has 0 heterocycles. The van der Waals surface area contributed by atoms with Gasteiger partial charge in [0.2, 0.25) is 5.91 Å². The van der Waals surface area contributed by atoms with Crippen molar-refractivity contribution >= 4 is 29.0 Å². The molecule has 0 spiro atoms. The van der Waals surface area contributed by atoms with Crippen LogP contribution in [0.4, 0.5) is 5.69 Å². The first kappa shape index (κ1) is 16.3. The van der Waals surface area contributed by atoms with Crippen molar-refractivity contribution in [1.82, 2.24) is 0 Å². The lowest BCUT2D eigenvalue weighted by molar-refractivity contribution is -0.117. The summed E-state index contributed by atoms with van der Waals surface area (Å²) in [6.07, 6.45) is 0. The summed E-state index contributed by atoms with van der Waals surface area (Å²) in [7, 11) is 0. The lowest BCUT2D eigenvalue weighted by Crippen LogP contribution is -2.28. The molecular formula is C16H11ClN2O4. The van der Waals surface area contributed by atoms with E-state index in [-0.39, 0.29) is 5.56 Å². The lowest BCUT2D eigenvalue weighted by Gasteiger charge is -2.10. The van der Waals surface area contributed by atoms with E-state index in [2.05, 4.69) is 5.32 Å². The van der Waals surface area contributed by atoms with Gasteiger partial charge >= 0.3 is 0 Å². The van der Waals surface area contributed by atoms with Crippen LogP contribution in [0.2, 0.25) is 5.02 Å². The van der Waals surface area contributed by atoms with Gasteiger partial charge in [-0.3, -0.25) is 9.59 Å². The Balaban J connectivity index is 2.21. The zero-order valence-corrected chi connectivity index (χ0v) is 12.4. The van der Waals surface area contributed by atoms with E-state index in [0.29, 0.717) is 10.7 Å². The smallest absolute Gasteiger partial charge is 0.249 e. The van der Waals surface area contributed by atoms with Crippen LogP contribution in [-0.4, -0.2) is 21.9 Å². The van der Waals surface area contributed by atoms with E-state index in [1.165, 1.54) is 12.1 Å². The molecule has 0 radical (unpaired) electrons. The van der Waals surface area contributed by atoms with Crippen molar-refractivity contribution in [2.24, 2.45) is 5.92 Å². The average molecular weight is 331 g/mol. The second kappa shape index (κ2) is 6.81. The lowest BCUT2D eigenvalue weighted by atomic mass is 9.97. The Hall–Kier alpha value is -3.04. The van der Waals surface area contributed by atoms with Gasteiger partial charge in [-0.1, -0.05) is 17.7 Å². The Morgan fingerprint density at radius 2 is 1.87 bits per heavy atom. The number of hydrogen-bond donors (Lipinski definition) is 3. The van der Waals surface area contributed by atoms with Crippen LogP contribution in [0.1, 0.15) is 10.4 Å². The number of carbonyl (C=O) groups is 2. The molecule has 6 nitrogen and oxygen atoms in total. The zero-order valence-electron chi connectivity index (χ0n) is 11.7. The molecule has 1 atom stereocenters. The van der Waals surface area contributed by atoms with Gasteiger partial charge in [0.05, 0.1) is 6.07 Å². The molecule has 1 amide bonds. The first-order valence-corrected chi connectivity index (χ1v) is 6.82. The minimum atomic E-state index is -1.60. The SMILES string of the molecule is N#CC(C(=O)Nc1cccc(Cl)c1)C(=O)c1ccc(O)c(O)c1. The van der Waals surface area contributed by atoms with E-state index in [0.717, 1.165) is 12.1 Å². The minimum absolute atomic E-state index is 0.0619. The second-order valence-electron chi connectivity index (χ2n) is 4.63. The third-order valence-corrected chi connectivity index (χ3v) is 3.24. The van der Waals surface area contributed by atoms with Gasteiger partial charge in [-0.15, -0.1) is 0 Å². The number of anilines is 1. The Morgan fingerprint density at radius 1 is 1.13 bits per heavy atom. The summed E-state index contributed by atoms with van der Waals surface area (Å²) < 4.78 is 0. The molecule has 1 unspecified atom stereocenters. The van der Waals surface area contributed by atoms with Crippen molar-refractivity contribution in [3.05, 3.63) is 53.1 Å². The Labute approximate surface area is 136 Å². The normalized spacial score (nSPS) is 11.3. The minimum Gasteiger partial charge on any atom is -0.504 e. The van der Waals surface area contributed by atoms with Gasteiger partial charge in [0.1, 0.15) is 0 Å². The fraction of sp³-hybridized carbons (Fsp3) is 0.0625. The highest BCUT2D eigenvalue weighted by Gasteiger charge is 2.28. The number of phenols is 2. The van der Waals surface area contributed by atoms with Crippen molar-refractivity contribution in [3.63, 3.8) is 0 Å². The number of carbonyl (C=O) groups excluding carboxylic acids is 2. The number of Topliss-reactive ketones (excluding diaryl/α,β-unsaturated/α-hetero) is 1. The van der Waals surface area contributed by atoms with Crippen LogP contribution in [0.3, 0.4) is 0 Å². The summed E-state index contributed by atoms with van der Waals surface area (Å²) in [5, 5.41) is 30.6. The molecule has 0 aliphatic rings. The van der Waals surface area contributed by atoms with Crippen molar-refractivity contribution in [1.29, 1.82) is 5.26 Å². The number of phenolic OH excluding ortho intramolecular Hbond substituents is 2. The molecular weight excluding hydrogens is 320 g/mol. The number of rotatable bonds is 4. The molecule has 0 saturated carbocycles. The number of ketones is 1. The van der Waals surface area contributed by atoms with Crippen LogP contribution in [-0.2, 0) is 4.79 Å². The van der Waals surface area contributed by atoms with E-state index >= 15 is 0 Å². The number of halogens is 1. The number of nitriles is 1. The van der Waals surface area contributed by atoms with Crippen molar-refractivity contribution in [2.45, 2.75) is 0 Å². The van der Waals surface area contributed by atoms with Gasteiger partial charge in [0.15, 0.2) is 23.2 Å². The predicted octanol–water partition coefficient (Wildman–Crippen LogP) is 2.71. The van der Waals surface area contributed by atoms with Crippen LogP contribution in [0.15, 0.2) is 42.5 Å². The predicted molar refractivity (Wildman–Crippen MR) is 83.3 cm³/mol. The molecule has 2 aromatic rings. The molecule has 2 rings (SSSR count). The summed E-state index contributed by atoms with van der Waals surface area (Å²) in [6, 6.07) is 11.2. The molecule has 2 aromatic carbocycles. The first-order chi connectivity index (χ1) is 10.9. The second-order valence-corrected chi connectivity index (χ2v) is 5.07. The summed E-state index contributed by atoms with van der Waals surface area (Å²) in [5.41, 5.74) is 0.289.